The number of aryl methyl sites for hydroxylation is 1. The van der Waals surface area contributed by atoms with E-state index in [9.17, 15) is 9.59 Å². The first-order valence-corrected chi connectivity index (χ1v) is 16.3. The van der Waals surface area contributed by atoms with Crippen LogP contribution in [-0.4, -0.2) is 49.4 Å². The number of hydrogen-bond donors (Lipinski definition) is 2. The van der Waals surface area contributed by atoms with E-state index >= 15 is 0 Å². The summed E-state index contributed by atoms with van der Waals surface area (Å²) in [6.45, 7) is 6.85. The molecule has 0 spiro atoms. The molecule has 0 unspecified atom stereocenters. The van der Waals surface area contributed by atoms with Gasteiger partial charge in [0.2, 0.25) is 11.8 Å². The Labute approximate surface area is 262 Å². The zero-order chi connectivity index (χ0) is 29.2. The number of rotatable bonds is 13. The van der Waals surface area contributed by atoms with Crippen LogP contribution in [0, 0.1) is 12.8 Å². The molecule has 0 aliphatic carbocycles. The van der Waals surface area contributed by atoms with Crippen molar-refractivity contribution in [2.75, 3.05) is 32.7 Å². The minimum absolute atomic E-state index is 0.0990. The fourth-order valence-corrected chi connectivity index (χ4v) is 6.90. The highest BCUT2D eigenvalue weighted by molar-refractivity contribution is 7.19. The second kappa shape index (κ2) is 15.9. The van der Waals surface area contributed by atoms with Crippen LogP contribution in [0.2, 0.25) is 15.1 Å². The molecule has 1 aromatic heterocycles. The third-order valence-electron chi connectivity index (χ3n) is 7.72. The van der Waals surface area contributed by atoms with E-state index in [1.807, 2.05) is 24.3 Å². The number of likely N-dealkylation sites (tertiary alicyclic amines) is 1. The zero-order valence-corrected chi connectivity index (χ0v) is 26.6. The lowest BCUT2D eigenvalue weighted by Crippen LogP contribution is -2.36. The molecule has 3 aromatic rings. The largest absolute Gasteiger partial charge is 0.356 e. The summed E-state index contributed by atoms with van der Waals surface area (Å²) in [6, 6.07) is 11.2. The summed E-state index contributed by atoms with van der Waals surface area (Å²) in [5.41, 5.74) is 2.00. The number of piperidine rings is 1. The Kier molecular flexibility index (Phi) is 12.4. The number of carbonyl (C=O) groups is 2. The molecule has 1 fully saturated rings. The molecule has 0 saturated carbocycles. The highest BCUT2D eigenvalue weighted by Crippen LogP contribution is 2.33. The van der Waals surface area contributed by atoms with Gasteiger partial charge in [0.1, 0.15) is 0 Å². The SMILES string of the molecule is Cc1c(CC(=O)NCCC2CCN(CCCCCNC(=O)/C=C/c3ccc(Cl)c(Cl)c3)CC2)sc2ccc(Cl)cc12. The Bertz CT molecular complexity index is 1370. The number of thiophene rings is 1. The molecular weight excluding hydrogens is 597 g/mol. The number of halogens is 3. The zero-order valence-electron chi connectivity index (χ0n) is 23.5. The third-order valence-corrected chi connectivity index (χ3v) is 9.97. The number of unbranched alkanes of at least 4 members (excludes halogenated alkanes) is 2. The Hall–Kier alpha value is -2.09. The van der Waals surface area contributed by atoms with Crippen LogP contribution in [0.1, 0.15) is 54.5 Å². The molecule has 9 heteroatoms. The Morgan fingerprint density at radius 3 is 2.56 bits per heavy atom. The van der Waals surface area contributed by atoms with E-state index in [1.165, 1.54) is 23.6 Å². The van der Waals surface area contributed by atoms with Gasteiger partial charge in [0, 0.05) is 33.8 Å². The minimum atomic E-state index is -0.102. The second-order valence-electron chi connectivity index (χ2n) is 10.7. The molecule has 220 valence electrons. The van der Waals surface area contributed by atoms with Gasteiger partial charge in [-0.1, -0.05) is 47.3 Å². The van der Waals surface area contributed by atoms with Crippen molar-refractivity contribution in [2.45, 2.75) is 51.9 Å². The first-order valence-electron chi connectivity index (χ1n) is 14.4. The van der Waals surface area contributed by atoms with E-state index in [1.54, 1.807) is 29.5 Å². The van der Waals surface area contributed by atoms with Crippen LogP contribution in [0.4, 0.5) is 0 Å². The van der Waals surface area contributed by atoms with Crippen LogP contribution in [0.25, 0.3) is 16.2 Å². The molecule has 5 nitrogen and oxygen atoms in total. The van der Waals surface area contributed by atoms with Crippen LogP contribution in [0.3, 0.4) is 0 Å². The second-order valence-corrected chi connectivity index (χ2v) is 13.1. The maximum absolute atomic E-state index is 12.6. The topological polar surface area (TPSA) is 61.4 Å². The number of fused-ring (bicyclic) bond motifs is 1. The normalized spacial score (nSPS) is 14.6. The van der Waals surface area contributed by atoms with Gasteiger partial charge >= 0.3 is 0 Å². The van der Waals surface area contributed by atoms with Gasteiger partial charge in [0.05, 0.1) is 16.5 Å². The van der Waals surface area contributed by atoms with Crippen molar-refractivity contribution in [3.8, 4) is 0 Å². The van der Waals surface area contributed by atoms with Gasteiger partial charge < -0.3 is 15.5 Å². The first-order chi connectivity index (χ1) is 19.8. The maximum Gasteiger partial charge on any atom is 0.243 e. The molecule has 1 aliphatic heterocycles. The van der Waals surface area contributed by atoms with E-state index in [2.05, 4.69) is 22.5 Å². The highest BCUT2D eigenvalue weighted by atomic mass is 35.5. The number of nitrogens with one attached hydrogen (secondary N) is 2. The average molecular weight is 635 g/mol. The molecule has 1 aliphatic rings. The summed E-state index contributed by atoms with van der Waals surface area (Å²) in [4.78, 5) is 28.3. The molecule has 2 aromatic carbocycles. The molecule has 0 atom stereocenters. The standard InChI is InChI=1S/C32H38Cl3N3O2S/c1-22-26-20-25(33)7-9-29(26)41-30(22)21-32(40)37-15-11-23-12-17-38(18-13-23)16-4-2-3-14-36-31(39)10-6-24-5-8-27(34)28(35)19-24/h5-10,19-20,23H,2-4,11-18,21H2,1H3,(H,36,39)(H,37,40)/b10-6+. The molecule has 2 heterocycles. The molecule has 2 N–H and O–H groups in total. The monoisotopic (exact) mass is 633 g/mol. The maximum atomic E-state index is 12.6. The number of hydrogen-bond acceptors (Lipinski definition) is 4. The summed E-state index contributed by atoms with van der Waals surface area (Å²) in [7, 11) is 0. The number of nitrogens with zero attached hydrogens (tertiary/aromatic N) is 1. The fraction of sp³-hybridized carbons (Fsp3) is 0.438. The van der Waals surface area contributed by atoms with Gasteiger partial charge in [0.25, 0.3) is 0 Å². The summed E-state index contributed by atoms with van der Waals surface area (Å²) in [6.07, 6.45) is 10.3. The van der Waals surface area contributed by atoms with Crippen molar-refractivity contribution in [1.29, 1.82) is 0 Å². The van der Waals surface area contributed by atoms with E-state index in [-0.39, 0.29) is 11.8 Å². The minimum Gasteiger partial charge on any atom is -0.356 e. The predicted octanol–water partition coefficient (Wildman–Crippen LogP) is 7.93. The van der Waals surface area contributed by atoms with Crippen molar-refractivity contribution in [3.05, 3.63) is 73.5 Å². The van der Waals surface area contributed by atoms with Crippen LogP contribution in [0.15, 0.2) is 42.5 Å². The summed E-state index contributed by atoms with van der Waals surface area (Å²) in [5, 5.41) is 8.93. The molecular formula is C32H38Cl3N3O2S. The van der Waals surface area contributed by atoms with Gasteiger partial charge in [-0.05, 0) is 118 Å². The fourth-order valence-electron chi connectivity index (χ4n) is 5.23. The Morgan fingerprint density at radius 1 is 0.976 bits per heavy atom. The summed E-state index contributed by atoms with van der Waals surface area (Å²) in [5.74, 6) is 0.670. The van der Waals surface area contributed by atoms with Gasteiger partial charge in [0.15, 0.2) is 0 Å². The smallest absolute Gasteiger partial charge is 0.243 e. The van der Waals surface area contributed by atoms with Crippen LogP contribution in [-0.2, 0) is 16.0 Å². The van der Waals surface area contributed by atoms with Crippen LogP contribution in [0.5, 0.6) is 0 Å². The quantitative estimate of drug-likeness (QED) is 0.148. The van der Waals surface area contributed by atoms with Gasteiger partial charge in [-0.25, -0.2) is 0 Å². The van der Waals surface area contributed by atoms with Crippen molar-refractivity contribution in [3.63, 3.8) is 0 Å². The van der Waals surface area contributed by atoms with Gasteiger partial charge in [-0.2, -0.15) is 0 Å². The number of benzene rings is 2. The molecule has 4 rings (SSSR count). The summed E-state index contributed by atoms with van der Waals surface area (Å²) >= 11 is 19.8. The summed E-state index contributed by atoms with van der Waals surface area (Å²) < 4.78 is 1.18. The van der Waals surface area contributed by atoms with Crippen molar-refractivity contribution in [2.24, 2.45) is 5.92 Å². The van der Waals surface area contributed by atoms with Crippen molar-refractivity contribution in [1.82, 2.24) is 15.5 Å². The lowest BCUT2D eigenvalue weighted by atomic mass is 9.93. The predicted molar refractivity (Wildman–Crippen MR) is 174 cm³/mol. The molecule has 2 amide bonds. The van der Waals surface area contributed by atoms with E-state index in [4.69, 9.17) is 34.8 Å². The van der Waals surface area contributed by atoms with Crippen LogP contribution < -0.4 is 10.6 Å². The van der Waals surface area contributed by atoms with E-state index in [0.717, 1.165) is 78.3 Å². The number of amides is 2. The lowest BCUT2D eigenvalue weighted by molar-refractivity contribution is -0.120. The van der Waals surface area contributed by atoms with Crippen LogP contribution >= 0.6 is 46.1 Å². The molecule has 1 saturated heterocycles. The lowest BCUT2D eigenvalue weighted by Gasteiger charge is -2.32. The molecule has 41 heavy (non-hydrogen) atoms. The van der Waals surface area contributed by atoms with Gasteiger partial charge in [-0.15, -0.1) is 11.3 Å². The molecule has 0 bridgehead atoms. The Morgan fingerprint density at radius 2 is 1.78 bits per heavy atom. The third kappa shape index (κ3) is 10.0. The first kappa shape index (κ1) is 31.8. The highest BCUT2D eigenvalue weighted by Gasteiger charge is 2.19. The molecule has 0 radical (unpaired) electrons. The van der Waals surface area contributed by atoms with Crippen molar-refractivity contribution >= 4 is 74.1 Å². The van der Waals surface area contributed by atoms with E-state index < -0.39 is 0 Å². The van der Waals surface area contributed by atoms with Gasteiger partial charge in [-0.3, -0.25) is 9.59 Å². The van der Waals surface area contributed by atoms with Crippen molar-refractivity contribution < 1.29 is 9.59 Å². The number of carbonyl (C=O) groups excluding carboxylic acids is 2. The average Bonchev–Trinajstić information content (AvgIpc) is 3.26. The Balaban J connectivity index is 1.02. The van der Waals surface area contributed by atoms with E-state index in [0.29, 0.717) is 28.9 Å².